The van der Waals surface area contributed by atoms with Crippen LogP contribution in [0.15, 0.2) is 333 Å². The Hall–Kier alpha value is -15.3. The van der Waals surface area contributed by atoms with Crippen molar-refractivity contribution in [2.75, 3.05) is 32.1 Å². The second-order valence-electron chi connectivity index (χ2n) is 35.5. The Morgan fingerprint density at radius 1 is 0.500 bits per heavy atom. The standard InChI is InChI=1S/C25H25ClN6OS.C25H23ClN4OS.C22H16N4OS2.C22H16N4OS.C20H16FN3O2S/c1-15(33)31-22-11-18(9-10-27-22)21-12-20(24(34-21)25-29-14-30-32-25)23(28-13-16-3-2-4-16)17-5-7-19(26)8-6-17;1-16(31)13-20-14-18(7-8-27-20)22-15-21(24(32-22)25-28-9-10-29-25)23(30-11-2-12-30)17-3-5-19(26)6-4-17;27-19(22-25-17(12-28-22)14-7-3-1-4-8-14)16-11-18(15-9-5-2-6-10-15)29-20(16)21-23-13-24-26-21;27-20(16-10-15-8-4-5-9-18(15)23-12-16)17-11-19(14-6-2-1-3-7-14)28-21(17)22-24-13-25-26-22;1-26-17-3-2-13(10-15(17)21)19(25)14-11-18(12-4-7-22-8-5-12)27-20(14)16-6-9-23-24-16/h5-12,14,16,23,28H,2-4,13H2,1H3,(H,27,31,33)(H,29,30,32);3-10,14-15,23H,2,11-13H2,1H3,(H,28,29);1-13,19,27H,(H,23,24,26);1-13,20,27H,(H,24,25,26);2-5,7-11,19,25H,6H2,1H3. The number of thiazole rings is 1. The van der Waals surface area contributed by atoms with E-state index in [1.807, 2.05) is 188 Å². The van der Waals surface area contributed by atoms with Crippen LogP contribution in [0.3, 0.4) is 0 Å². The van der Waals surface area contributed by atoms with Crippen molar-refractivity contribution in [2.24, 2.45) is 16.1 Å². The van der Waals surface area contributed by atoms with Crippen molar-refractivity contribution >= 4 is 132 Å². The maximum atomic E-state index is 14.1. The van der Waals surface area contributed by atoms with Gasteiger partial charge in [0.2, 0.25) is 5.91 Å². The molecule has 2 aliphatic heterocycles. The first kappa shape index (κ1) is 102. The Kier molecular flexibility index (Phi) is 32.6. The van der Waals surface area contributed by atoms with Gasteiger partial charge in [0.05, 0.1) is 60.5 Å². The summed E-state index contributed by atoms with van der Waals surface area (Å²) >= 11 is 21.9. The highest BCUT2D eigenvalue weighted by Crippen LogP contribution is 2.50. The quantitative estimate of drug-likeness (QED) is 0.0210. The average molecular weight is 2140 g/mol. The number of imidazole rings is 1. The Labute approximate surface area is 896 Å². The van der Waals surface area contributed by atoms with Gasteiger partial charge in [0.1, 0.15) is 59.7 Å². The number of nitrogens with zero attached hydrogens (tertiary/aromatic N) is 15. The van der Waals surface area contributed by atoms with Crippen molar-refractivity contribution in [2.45, 2.75) is 82.8 Å². The summed E-state index contributed by atoms with van der Waals surface area (Å²) < 4.78 is 19.1. The predicted octanol–water partition coefficient (Wildman–Crippen LogP) is 25.9. The number of aliphatic hydroxyl groups is 3. The maximum Gasteiger partial charge on any atom is 0.222 e. The molecule has 750 valence electrons. The van der Waals surface area contributed by atoms with Gasteiger partial charge >= 0.3 is 0 Å². The molecule has 5 atom stereocenters. The molecule has 0 radical (unpaired) electrons. The van der Waals surface area contributed by atoms with Gasteiger partial charge in [-0.2, -0.15) is 25.5 Å². The van der Waals surface area contributed by atoms with Gasteiger partial charge in [-0.15, -0.1) is 68.0 Å². The fraction of sp³-hybridized carbons (Fsp3) is 0.158. The number of anilines is 1. The molecule has 1 saturated carbocycles. The van der Waals surface area contributed by atoms with Gasteiger partial charge in [0.25, 0.3) is 0 Å². The fourth-order valence-electron chi connectivity index (χ4n) is 17.6. The van der Waals surface area contributed by atoms with Gasteiger partial charge in [0, 0.05) is 161 Å². The molecule has 27 nitrogen and oxygen atoms in total. The average Bonchev–Trinajstić information content (AvgIpc) is 1.60. The molecule has 1 saturated heterocycles. The van der Waals surface area contributed by atoms with Crippen LogP contribution < -0.4 is 15.4 Å². The zero-order valence-corrected chi connectivity index (χ0v) is 87.3. The first-order valence-electron chi connectivity index (χ1n) is 48.2. The summed E-state index contributed by atoms with van der Waals surface area (Å²) in [5.74, 6) is 3.71. The number of ether oxygens (including phenoxy) is 1. The highest BCUT2D eigenvalue weighted by Gasteiger charge is 2.34. The minimum atomic E-state index is -0.990. The van der Waals surface area contributed by atoms with E-state index in [9.17, 15) is 29.3 Å². The summed E-state index contributed by atoms with van der Waals surface area (Å²) in [6.07, 6.45) is 21.9. The van der Waals surface area contributed by atoms with Crippen LogP contribution in [0.25, 0.3) is 117 Å². The predicted molar refractivity (Wildman–Crippen MR) is 597 cm³/mol. The van der Waals surface area contributed by atoms with Gasteiger partial charge < -0.3 is 35.7 Å². The first-order valence-corrected chi connectivity index (χ1v) is 53.9. The van der Waals surface area contributed by atoms with Crippen LogP contribution in [0.4, 0.5) is 10.2 Å². The molecule has 5 unspecified atom stereocenters. The van der Waals surface area contributed by atoms with Crippen LogP contribution in [-0.4, -0.2) is 151 Å². The monoisotopic (exact) mass is 2140 g/mol. The number of fused-ring (bicyclic) bond motifs is 1. The zero-order valence-electron chi connectivity index (χ0n) is 80.9. The van der Waals surface area contributed by atoms with Crippen LogP contribution in [-0.2, 0) is 16.0 Å². The fourth-order valence-corrected chi connectivity index (χ4v) is 24.5. The number of nitrogens with one attached hydrogen (secondary N) is 6. The number of H-pyrrole nitrogens is 4. The van der Waals surface area contributed by atoms with E-state index in [4.69, 9.17) is 27.9 Å². The minimum absolute atomic E-state index is 0.0281. The molecule has 14 aromatic heterocycles. The van der Waals surface area contributed by atoms with Gasteiger partial charge in [-0.3, -0.25) is 44.7 Å². The second kappa shape index (κ2) is 47.9. The summed E-state index contributed by atoms with van der Waals surface area (Å²) in [6.45, 7) is 6.15. The number of amides is 1. The van der Waals surface area contributed by atoms with E-state index < -0.39 is 24.1 Å². The Morgan fingerprint density at radius 2 is 1.03 bits per heavy atom. The molecule has 16 heterocycles. The van der Waals surface area contributed by atoms with Crippen LogP contribution in [0.2, 0.25) is 10.0 Å². The van der Waals surface area contributed by atoms with Crippen LogP contribution in [0, 0.1) is 11.7 Å². The van der Waals surface area contributed by atoms with Crippen molar-refractivity contribution in [1.82, 2.24) is 90.6 Å². The molecular formula is C114H96Cl2FN21O6S6. The normalized spacial score (nSPS) is 13.7. The number of ketones is 1. The summed E-state index contributed by atoms with van der Waals surface area (Å²) in [5.41, 5.74) is 17.8. The summed E-state index contributed by atoms with van der Waals surface area (Å²) in [7, 11) is 1.41. The van der Waals surface area contributed by atoms with E-state index in [2.05, 4.69) is 167 Å². The third-order valence-corrected chi connectivity index (χ3v) is 32.9. The number of benzene rings is 7. The number of hydrogen-bond donors (Lipinski definition) is 9. The molecule has 7 aromatic carbocycles. The van der Waals surface area contributed by atoms with Gasteiger partial charge in [-0.05, 0) is 210 Å². The third kappa shape index (κ3) is 24.2. The number of likely N-dealkylation sites (tertiary alicyclic amines) is 1. The lowest BCUT2D eigenvalue weighted by atomic mass is 9.85. The van der Waals surface area contributed by atoms with Crippen LogP contribution >= 0.6 is 91.2 Å². The molecule has 24 rings (SSSR count). The Bertz CT molecular complexity index is 8200. The van der Waals surface area contributed by atoms with Crippen molar-refractivity contribution < 1.29 is 34.0 Å². The number of methoxy groups -OCH3 is 1. The van der Waals surface area contributed by atoms with E-state index in [1.54, 1.807) is 102 Å². The highest BCUT2D eigenvalue weighted by molar-refractivity contribution is 7.20. The van der Waals surface area contributed by atoms with Crippen molar-refractivity contribution in [3.05, 3.63) is 404 Å². The molecular weight excluding hydrogens is 2040 g/mol. The van der Waals surface area contributed by atoms with Crippen molar-refractivity contribution in [3.63, 3.8) is 0 Å². The molecule has 150 heavy (non-hydrogen) atoms. The number of carbonyl (C=O) groups is 2. The minimum Gasteiger partial charge on any atom is -0.494 e. The topological polar surface area (TPSA) is 374 Å². The summed E-state index contributed by atoms with van der Waals surface area (Å²) in [6, 6.07) is 82.9. The number of aromatic nitrogens is 16. The number of hydrogen-bond acceptors (Lipinski definition) is 28. The smallest absolute Gasteiger partial charge is 0.222 e. The second-order valence-corrected chi connectivity index (χ2v) is 42.5. The largest absolute Gasteiger partial charge is 0.494 e. The molecule has 36 heteroatoms. The molecule has 2 fully saturated rings. The van der Waals surface area contributed by atoms with Crippen LogP contribution in [0.1, 0.15) is 142 Å². The van der Waals surface area contributed by atoms with E-state index in [1.165, 1.54) is 105 Å². The molecule has 1 amide bonds. The number of Topliss-reactive ketones (excluding diaryl/α,β-unsaturated/α-hetero) is 1. The van der Waals surface area contributed by atoms with Gasteiger partial charge in [-0.1, -0.05) is 169 Å². The van der Waals surface area contributed by atoms with Crippen molar-refractivity contribution in [1.29, 1.82) is 0 Å². The third-order valence-electron chi connectivity index (χ3n) is 25.4. The number of halogens is 3. The molecule has 0 spiro atoms. The molecule has 9 N–H and O–H groups in total. The SMILES string of the molecule is CC(=O)Cc1cc(-c2cc(C(c3ccc(Cl)cc3)N3CCC3)c(-c3ncc[nH]3)s2)ccn1.CC(=O)Nc1cc(-c2cc(C(NCC3CCC3)c3ccc(Cl)cc3)c(-c3ncn[nH]3)s2)ccn1.COc1ccc(C(O)c2cc(-c3ccncc3)sc2C2=NN=CC2)cc1F.OC(c1cnc2ccccc2c1)c1cc(-c2ccccc2)sc1-c1ncn[nH]1.OC(c1nc(-c2ccccc2)cs1)c1cc(-c2ccccc2)sc1-c1ncn[nH]1. The Balaban J connectivity index is 0.000000114. The van der Waals surface area contributed by atoms with Crippen LogP contribution in [0.5, 0.6) is 5.75 Å². The van der Waals surface area contributed by atoms with Gasteiger partial charge in [0.15, 0.2) is 29.0 Å². The lowest BCUT2D eigenvalue weighted by molar-refractivity contribution is -0.116. The zero-order chi connectivity index (χ0) is 103. The van der Waals surface area contributed by atoms with Gasteiger partial charge in [-0.25, -0.2) is 34.3 Å². The van der Waals surface area contributed by atoms with E-state index >= 15 is 0 Å². The molecule has 1 aliphatic carbocycles. The van der Waals surface area contributed by atoms with Crippen molar-refractivity contribution in [3.8, 4) is 112 Å². The summed E-state index contributed by atoms with van der Waals surface area (Å²) in [4.78, 5) is 78.4. The number of pyridine rings is 4. The molecule has 3 aliphatic rings. The lowest BCUT2D eigenvalue weighted by Gasteiger charge is -2.39. The number of thiophene rings is 5. The lowest BCUT2D eigenvalue weighted by Crippen LogP contribution is -2.40. The van der Waals surface area contributed by atoms with E-state index in [0.717, 1.165) is 174 Å². The molecule has 21 aromatic rings. The summed E-state index contributed by atoms with van der Waals surface area (Å²) in [5, 5.41) is 74.0. The number of aromatic amines is 4. The number of aliphatic hydroxyl groups excluding tert-OH is 3. The van der Waals surface area contributed by atoms with E-state index in [-0.39, 0.29) is 29.5 Å². The highest BCUT2D eigenvalue weighted by atomic mass is 35.5. The number of para-hydroxylation sites is 1. The first-order chi connectivity index (χ1) is 73.4. The number of carbonyl (C=O) groups excluding carboxylic acids is 2. The molecule has 0 bridgehead atoms. The maximum absolute atomic E-state index is 14.1. The Morgan fingerprint density at radius 3 is 1.58 bits per heavy atom. The number of rotatable bonds is 29. The van der Waals surface area contributed by atoms with E-state index in [0.29, 0.717) is 57.4 Å².